The molecule has 140 valence electrons. The van der Waals surface area contributed by atoms with Crippen molar-refractivity contribution in [2.45, 2.75) is 25.7 Å². The van der Waals surface area contributed by atoms with Gasteiger partial charge in [-0.25, -0.2) is 9.78 Å². The summed E-state index contributed by atoms with van der Waals surface area (Å²) in [5.74, 6) is 0.578. The fraction of sp³-hybridized carbons (Fsp3) is 0.474. The molecule has 0 saturated carbocycles. The summed E-state index contributed by atoms with van der Waals surface area (Å²) in [5.41, 5.74) is 2.97. The molecule has 26 heavy (non-hydrogen) atoms. The lowest BCUT2D eigenvalue weighted by Crippen LogP contribution is -2.39. The van der Waals surface area contributed by atoms with Crippen LogP contribution in [0.3, 0.4) is 0 Å². The van der Waals surface area contributed by atoms with E-state index in [0.717, 1.165) is 42.8 Å². The minimum atomic E-state index is -0.399. The van der Waals surface area contributed by atoms with Crippen LogP contribution >= 0.6 is 23.7 Å². The van der Waals surface area contributed by atoms with Crippen molar-refractivity contribution in [3.05, 3.63) is 35.8 Å². The number of nitrogens with zero attached hydrogens (tertiary/aromatic N) is 2. The standard InChI is InChI=1S/C19H23N3O2S.ClH/c23-18(24-13-19-7-4-10-22(11-8-19)12-9-19)21-17-16(25-14-20-17)15-5-2-1-3-6-15;/h1-3,5-6,14H,4,7-13H2,(H,21,23);1H. The summed E-state index contributed by atoms with van der Waals surface area (Å²) in [6.07, 6.45) is 4.22. The third-order valence-corrected chi connectivity index (χ3v) is 6.31. The summed E-state index contributed by atoms with van der Waals surface area (Å²) in [5, 5.41) is 2.83. The highest BCUT2D eigenvalue weighted by atomic mass is 35.5. The Morgan fingerprint density at radius 3 is 2.73 bits per heavy atom. The highest BCUT2D eigenvalue weighted by molar-refractivity contribution is 7.13. The molecule has 0 unspecified atom stereocenters. The molecule has 1 amide bonds. The van der Waals surface area contributed by atoms with Crippen molar-refractivity contribution in [1.82, 2.24) is 9.88 Å². The first-order valence-corrected chi connectivity index (χ1v) is 9.77. The fourth-order valence-electron chi connectivity index (χ4n) is 3.88. The lowest BCUT2D eigenvalue weighted by Gasteiger charge is -2.37. The quantitative estimate of drug-likeness (QED) is 0.820. The number of anilines is 1. The lowest BCUT2D eigenvalue weighted by atomic mass is 9.77. The minimum absolute atomic E-state index is 0. The van der Waals surface area contributed by atoms with Gasteiger partial charge in [-0.2, -0.15) is 0 Å². The van der Waals surface area contributed by atoms with E-state index in [1.165, 1.54) is 24.3 Å². The molecule has 0 atom stereocenters. The first-order chi connectivity index (χ1) is 12.2. The summed E-state index contributed by atoms with van der Waals surface area (Å²) in [6, 6.07) is 9.97. The predicted molar refractivity (Wildman–Crippen MR) is 107 cm³/mol. The molecule has 1 aromatic heterocycles. The molecule has 3 aliphatic heterocycles. The largest absolute Gasteiger partial charge is 0.449 e. The lowest BCUT2D eigenvalue weighted by molar-refractivity contribution is 0.0504. The number of aromatic nitrogens is 1. The molecule has 4 heterocycles. The zero-order valence-corrected chi connectivity index (χ0v) is 16.3. The van der Waals surface area contributed by atoms with Gasteiger partial charge in [-0.05, 0) is 50.9 Å². The van der Waals surface area contributed by atoms with Gasteiger partial charge >= 0.3 is 6.09 Å². The number of hydrogen-bond acceptors (Lipinski definition) is 5. The van der Waals surface area contributed by atoms with Gasteiger partial charge in [0.1, 0.15) is 0 Å². The summed E-state index contributed by atoms with van der Waals surface area (Å²) >= 11 is 1.52. The number of carbonyl (C=O) groups excluding carboxylic acids is 1. The van der Waals surface area contributed by atoms with Crippen LogP contribution in [0.15, 0.2) is 35.8 Å². The third kappa shape index (κ3) is 4.19. The molecule has 0 aliphatic carbocycles. The zero-order chi connectivity index (χ0) is 17.1. The number of nitrogens with one attached hydrogen (secondary N) is 1. The van der Waals surface area contributed by atoms with E-state index in [0.29, 0.717) is 12.4 Å². The Hall–Kier alpha value is -1.63. The van der Waals surface area contributed by atoms with Crippen molar-refractivity contribution in [2.24, 2.45) is 5.41 Å². The van der Waals surface area contributed by atoms with Crippen LogP contribution in [-0.4, -0.2) is 42.2 Å². The van der Waals surface area contributed by atoms with Gasteiger partial charge in [-0.15, -0.1) is 23.7 Å². The smallest absolute Gasteiger partial charge is 0.412 e. The van der Waals surface area contributed by atoms with Crippen LogP contribution in [0.1, 0.15) is 25.7 Å². The van der Waals surface area contributed by atoms with E-state index in [-0.39, 0.29) is 17.8 Å². The molecule has 2 aromatic rings. The monoisotopic (exact) mass is 393 g/mol. The number of ether oxygens (including phenoxy) is 1. The molecule has 7 heteroatoms. The van der Waals surface area contributed by atoms with Crippen molar-refractivity contribution in [1.29, 1.82) is 0 Å². The van der Waals surface area contributed by atoms with Gasteiger partial charge in [0.05, 0.1) is 17.0 Å². The molecule has 3 aliphatic rings. The van der Waals surface area contributed by atoms with Crippen molar-refractivity contribution in [3.63, 3.8) is 0 Å². The van der Waals surface area contributed by atoms with Crippen LogP contribution in [0.2, 0.25) is 0 Å². The topological polar surface area (TPSA) is 54.5 Å². The Bertz CT molecular complexity index is 724. The van der Waals surface area contributed by atoms with Gasteiger partial charge in [0, 0.05) is 5.41 Å². The fourth-order valence-corrected chi connectivity index (χ4v) is 4.63. The molecule has 2 bridgehead atoms. The second-order valence-corrected chi connectivity index (χ2v) is 7.90. The van der Waals surface area contributed by atoms with Crippen molar-refractivity contribution >= 4 is 35.7 Å². The highest BCUT2D eigenvalue weighted by Crippen LogP contribution is 2.39. The van der Waals surface area contributed by atoms with Crippen molar-refractivity contribution < 1.29 is 9.53 Å². The first kappa shape index (κ1) is 19.1. The predicted octanol–water partition coefficient (Wildman–Crippen LogP) is 4.66. The highest BCUT2D eigenvalue weighted by Gasteiger charge is 2.38. The number of fused-ring (bicyclic) bond motifs is 4. The second kappa shape index (κ2) is 8.37. The third-order valence-electron chi connectivity index (χ3n) is 5.43. The average molecular weight is 394 g/mol. The molecular formula is C19H24ClN3O2S. The maximum atomic E-state index is 12.3. The molecule has 0 radical (unpaired) electrons. The van der Waals surface area contributed by atoms with Crippen LogP contribution in [0.25, 0.3) is 10.4 Å². The van der Waals surface area contributed by atoms with E-state index in [2.05, 4.69) is 15.2 Å². The van der Waals surface area contributed by atoms with Crippen LogP contribution < -0.4 is 5.32 Å². The maximum Gasteiger partial charge on any atom is 0.412 e. The molecule has 5 nitrogen and oxygen atoms in total. The molecule has 1 aromatic carbocycles. The normalized spacial score (nSPS) is 24.4. The Kier molecular flexibility index (Phi) is 6.16. The van der Waals surface area contributed by atoms with Crippen LogP contribution in [0.4, 0.5) is 10.6 Å². The Labute approximate surface area is 164 Å². The summed E-state index contributed by atoms with van der Waals surface area (Å²) < 4.78 is 5.62. The maximum absolute atomic E-state index is 12.3. The van der Waals surface area contributed by atoms with E-state index in [1.54, 1.807) is 5.51 Å². The van der Waals surface area contributed by atoms with E-state index in [9.17, 15) is 4.79 Å². The van der Waals surface area contributed by atoms with Crippen molar-refractivity contribution in [3.8, 4) is 10.4 Å². The number of hydrogen-bond donors (Lipinski definition) is 1. The van der Waals surface area contributed by atoms with Gasteiger partial charge in [0.15, 0.2) is 5.82 Å². The summed E-state index contributed by atoms with van der Waals surface area (Å²) in [6.45, 7) is 3.97. The second-order valence-electron chi connectivity index (χ2n) is 7.04. The average Bonchev–Trinajstić information content (AvgIpc) is 2.89. The minimum Gasteiger partial charge on any atom is -0.449 e. The molecule has 5 rings (SSSR count). The van der Waals surface area contributed by atoms with E-state index in [4.69, 9.17) is 4.74 Å². The number of halogens is 1. The van der Waals surface area contributed by atoms with Gasteiger partial charge in [0.2, 0.25) is 0 Å². The van der Waals surface area contributed by atoms with Gasteiger partial charge in [-0.3, -0.25) is 5.32 Å². The zero-order valence-electron chi connectivity index (χ0n) is 14.6. The van der Waals surface area contributed by atoms with Crippen LogP contribution in [0, 0.1) is 5.41 Å². The first-order valence-electron chi connectivity index (χ1n) is 8.89. The van der Waals surface area contributed by atoms with Gasteiger partial charge in [-0.1, -0.05) is 30.3 Å². The number of benzene rings is 1. The Morgan fingerprint density at radius 2 is 1.96 bits per heavy atom. The summed E-state index contributed by atoms with van der Waals surface area (Å²) in [7, 11) is 0. The van der Waals surface area contributed by atoms with Crippen LogP contribution in [0.5, 0.6) is 0 Å². The SMILES string of the molecule is Cl.O=C(Nc1ncsc1-c1ccccc1)OCC12CCCN(CC1)CC2. The molecule has 0 spiro atoms. The van der Waals surface area contributed by atoms with Crippen LogP contribution in [-0.2, 0) is 4.74 Å². The number of rotatable bonds is 4. The molecular weight excluding hydrogens is 370 g/mol. The number of amides is 1. The molecule has 3 fully saturated rings. The van der Waals surface area contributed by atoms with E-state index < -0.39 is 6.09 Å². The number of thiazole rings is 1. The summed E-state index contributed by atoms with van der Waals surface area (Å²) in [4.78, 5) is 20.1. The number of carbonyl (C=O) groups is 1. The van der Waals surface area contributed by atoms with Gasteiger partial charge in [0.25, 0.3) is 0 Å². The molecule has 1 N–H and O–H groups in total. The Morgan fingerprint density at radius 1 is 1.19 bits per heavy atom. The van der Waals surface area contributed by atoms with Crippen molar-refractivity contribution in [2.75, 3.05) is 31.6 Å². The Balaban J connectivity index is 0.00000196. The van der Waals surface area contributed by atoms with E-state index in [1.807, 2.05) is 30.3 Å². The molecule has 3 saturated heterocycles. The van der Waals surface area contributed by atoms with E-state index >= 15 is 0 Å². The number of piperidine rings is 1. The van der Waals surface area contributed by atoms with Gasteiger partial charge < -0.3 is 9.64 Å².